The maximum atomic E-state index is 12.1. The Kier molecular flexibility index (Phi) is 6.24. The lowest BCUT2D eigenvalue weighted by Crippen LogP contribution is -2.44. The minimum Gasteiger partial charge on any atom is -0.488 e. The van der Waals surface area contributed by atoms with E-state index in [4.69, 9.17) is 9.84 Å². The molecule has 0 aliphatic carbocycles. The first-order chi connectivity index (χ1) is 10.1. The molecule has 0 radical (unpaired) electrons. The van der Waals surface area contributed by atoms with Gasteiger partial charge >= 0.3 is 5.97 Å². The molecule has 1 aromatic carbocycles. The van der Waals surface area contributed by atoms with E-state index in [1.807, 2.05) is 0 Å². The van der Waals surface area contributed by atoms with Crippen molar-refractivity contribution >= 4 is 16.0 Å². The van der Waals surface area contributed by atoms with Gasteiger partial charge in [-0.3, -0.25) is 4.79 Å². The van der Waals surface area contributed by atoms with Crippen LogP contribution in [0.2, 0.25) is 0 Å². The predicted molar refractivity (Wildman–Crippen MR) is 74.5 cm³/mol. The minimum atomic E-state index is -4.03. The number of aliphatic carboxylic acids is 1. The van der Waals surface area contributed by atoms with E-state index >= 15 is 0 Å². The average molecular weight is 337 g/mol. The largest absolute Gasteiger partial charge is 0.488 e. The fourth-order valence-electron chi connectivity index (χ4n) is 1.58. The Morgan fingerprint density at radius 2 is 1.82 bits per heavy atom. The van der Waals surface area contributed by atoms with E-state index in [1.54, 1.807) is 13.8 Å². The van der Waals surface area contributed by atoms with Crippen molar-refractivity contribution in [3.8, 4) is 5.75 Å². The van der Waals surface area contributed by atoms with Crippen LogP contribution < -0.4 is 9.46 Å². The summed E-state index contributed by atoms with van der Waals surface area (Å²) in [5.41, 5.74) is 0. The molecule has 0 spiro atoms. The molecule has 1 unspecified atom stereocenters. The van der Waals surface area contributed by atoms with Gasteiger partial charge in [0, 0.05) is 0 Å². The second-order valence-corrected chi connectivity index (χ2v) is 6.57. The van der Waals surface area contributed by atoms with Crippen molar-refractivity contribution in [1.82, 2.24) is 4.72 Å². The first-order valence-electron chi connectivity index (χ1n) is 6.39. The minimum absolute atomic E-state index is 0.0953. The first kappa shape index (κ1) is 18.3. The number of carbonyl (C=O) groups is 1. The molecule has 6 nitrogen and oxygen atoms in total. The highest BCUT2D eigenvalue weighted by molar-refractivity contribution is 7.89. The molecule has 0 saturated heterocycles. The number of benzene rings is 1. The lowest BCUT2D eigenvalue weighted by Gasteiger charge is -2.18. The summed E-state index contributed by atoms with van der Waals surface area (Å²) in [5, 5.41) is 9.00. The number of nitrogens with one attached hydrogen (secondary N) is 1. The Hall–Kier alpha value is -1.74. The lowest BCUT2D eigenvalue weighted by molar-refractivity contribution is -0.140. The van der Waals surface area contributed by atoms with Crippen molar-refractivity contribution in [2.45, 2.75) is 31.2 Å². The number of carboxylic acid groups (broad SMARTS) is 1. The van der Waals surface area contributed by atoms with Crippen LogP contribution in [-0.4, -0.2) is 38.6 Å². The smallest absolute Gasteiger partial charge is 0.322 e. The van der Waals surface area contributed by atoms with E-state index in [-0.39, 0.29) is 10.6 Å². The molecule has 124 valence electrons. The van der Waals surface area contributed by atoms with Crippen LogP contribution in [0.15, 0.2) is 29.2 Å². The van der Waals surface area contributed by atoms with E-state index in [9.17, 15) is 22.0 Å². The molecular formula is C13H17F2NO5S. The van der Waals surface area contributed by atoms with Crippen LogP contribution >= 0.6 is 0 Å². The van der Waals surface area contributed by atoms with Crippen LogP contribution in [0.1, 0.15) is 13.8 Å². The van der Waals surface area contributed by atoms with E-state index in [0.29, 0.717) is 0 Å². The van der Waals surface area contributed by atoms with Gasteiger partial charge in [0.25, 0.3) is 6.43 Å². The SMILES string of the molecule is CC(C)C(NS(=O)(=O)c1ccc(OCC(F)F)cc1)C(=O)O. The Morgan fingerprint density at radius 1 is 1.27 bits per heavy atom. The van der Waals surface area contributed by atoms with Gasteiger partial charge in [-0.05, 0) is 30.2 Å². The number of hydrogen-bond acceptors (Lipinski definition) is 4. The summed E-state index contributed by atoms with van der Waals surface area (Å²) in [6.45, 7) is 2.35. The summed E-state index contributed by atoms with van der Waals surface area (Å²) in [4.78, 5) is 10.9. The van der Waals surface area contributed by atoms with E-state index < -0.39 is 41.0 Å². The molecule has 0 amide bonds. The van der Waals surface area contributed by atoms with Crippen molar-refractivity contribution in [2.75, 3.05) is 6.61 Å². The summed E-state index contributed by atoms with van der Waals surface area (Å²) in [7, 11) is -4.03. The molecule has 0 heterocycles. The van der Waals surface area contributed by atoms with Crippen LogP contribution in [-0.2, 0) is 14.8 Å². The molecule has 9 heteroatoms. The highest BCUT2D eigenvalue weighted by atomic mass is 32.2. The highest BCUT2D eigenvalue weighted by Crippen LogP contribution is 2.17. The predicted octanol–water partition coefficient (Wildman–Crippen LogP) is 1.72. The third-order valence-electron chi connectivity index (χ3n) is 2.72. The van der Waals surface area contributed by atoms with Crippen molar-refractivity contribution in [3.05, 3.63) is 24.3 Å². The van der Waals surface area contributed by atoms with Crippen molar-refractivity contribution < 1.29 is 31.8 Å². The summed E-state index contributed by atoms with van der Waals surface area (Å²) < 4.78 is 55.0. The van der Waals surface area contributed by atoms with Gasteiger partial charge in [0.15, 0.2) is 0 Å². The second kappa shape index (κ2) is 7.50. The highest BCUT2D eigenvalue weighted by Gasteiger charge is 2.27. The second-order valence-electron chi connectivity index (χ2n) is 4.85. The standard InChI is InChI=1S/C13H17F2NO5S/c1-8(2)12(13(17)18)16-22(19,20)10-5-3-9(4-6-10)21-7-11(14)15/h3-6,8,11-12,16H,7H2,1-2H3,(H,17,18). The summed E-state index contributed by atoms with van der Waals surface area (Å²) >= 11 is 0. The van der Waals surface area contributed by atoms with Crippen molar-refractivity contribution in [2.24, 2.45) is 5.92 Å². The van der Waals surface area contributed by atoms with Gasteiger partial charge in [-0.2, -0.15) is 4.72 Å². The fourth-order valence-corrected chi connectivity index (χ4v) is 2.92. The third-order valence-corrected chi connectivity index (χ3v) is 4.18. The molecule has 0 aliphatic rings. The van der Waals surface area contributed by atoms with Gasteiger partial charge in [-0.25, -0.2) is 17.2 Å². The normalized spacial score (nSPS) is 13.4. The topological polar surface area (TPSA) is 92.7 Å². The Bertz CT molecular complexity index is 601. The maximum Gasteiger partial charge on any atom is 0.322 e. The van der Waals surface area contributed by atoms with Crippen molar-refractivity contribution in [3.63, 3.8) is 0 Å². The number of rotatable bonds is 8. The first-order valence-corrected chi connectivity index (χ1v) is 7.88. The summed E-state index contributed by atoms with van der Waals surface area (Å²) in [6.07, 6.45) is -2.63. The molecule has 0 aromatic heterocycles. The monoisotopic (exact) mass is 337 g/mol. The van der Waals surface area contributed by atoms with Gasteiger partial charge in [0.1, 0.15) is 18.4 Å². The Morgan fingerprint density at radius 3 is 2.23 bits per heavy atom. The summed E-state index contributed by atoms with van der Waals surface area (Å²) in [6, 6.07) is 3.49. The van der Waals surface area contributed by atoms with Crippen LogP contribution in [0.5, 0.6) is 5.75 Å². The number of alkyl halides is 2. The Balaban J connectivity index is 2.87. The van der Waals surface area contributed by atoms with Crippen molar-refractivity contribution in [1.29, 1.82) is 0 Å². The zero-order valence-corrected chi connectivity index (χ0v) is 12.8. The van der Waals surface area contributed by atoms with E-state index in [2.05, 4.69) is 4.72 Å². The van der Waals surface area contributed by atoms with E-state index in [0.717, 1.165) is 12.1 Å². The molecule has 0 saturated carbocycles. The van der Waals surface area contributed by atoms with Gasteiger partial charge in [-0.1, -0.05) is 13.8 Å². The zero-order valence-electron chi connectivity index (χ0n) is 12.0. The average Bonchev–Trinajstić information content (AvgIpc) is 2.42. The van der Waals surface area contributed by atoms with Crippen LogP contribution in [0.3, 0.4) is 0 Å². The van der Waals surface area contributed by atoms with E-state index in [1.165, 1.54) is 12.1 Å². The molecule has 1 rings (SSSR count). The lowest BCUT2D eigenvalue weighted by atomic mass is 10.1. The number of halogens is 2. The number of ether oxygens (including phenoxy) is 1. The van der Waals surface area contributed by atoms with Crippen LogP contribution in [0, 0.1) is 5.92 Å². The van der Waals surface area contributed by atoms with Gasteiger partial charge in [0.2, 0.25) is 10.0 Å². The number of sulfonamides is 1. The maximum absolute atomic E-state index is 12.1. The third kappa shape index (κ3) is 5.23. The Labute approximate surface area is 127 Å². The van der Waals surface area contributed by atoms with Gasteiger partial charge < -0.3 is 9.84 Å². The quantitative estimate of drug-likeness (QED) is 0.753. The fraction of sp³-hybridized carbons (Fsp3) is 0.462. The summed E-state index contributed by atoms with van der Waals surface area (Å²) in [5.74, 6) is -1.63. The molecule has 2 N–H and O–H groups in total. The molecule has 22 heavy (non-hydrogen) atoms. The molecule has 0 fully saturated rings. The molecular weight excluding hydrogens is 320 g/mol. The molecule has 1 aromatic rings. The zero-order chi connectivity index (χ0) is 16.9. The van der Waals surface area contributed by atoms with Crippen LogP contribution in [0.4, 0.5) is 8.78 Å². The number of carboxylic acids is 1. The molecule has 0 aliphatic heterocycles. The van der Waals surface area contributed by atoms with Gasteiger partial charge in [0.05, 0.1) is 4.90 Å². The van der Waals surface area contributed by atoms with Gasteiger partial charge in [-0.15, -0.1) is 0 Å². The molecule has 0 bridgehead atoms. The van der Waals surface area contributed by atoms with Crippen LogP contribution in [0.25, 0.3) is 0 Å². The molecule has 1 atom stereocenters. The number of hydrogen-bond donors (Lipinski definition) is 2.